The minimum absolute atomic E-state index is 0.0122. The minimum Gasteiger partial charge on any atom is -0.481 e. The zero-order chi connectivity index (χ0) is 10.9. The van der Waals surface area contributed by atoms with E-state index in [0.29, 0.717) is 6.42 Å². The fourth-order valence-electron chi connectivity index (χ4n) is 1.93. The highest BCUT2D eigenvalue weighted by atomic mass is 16.6. The van der Waals surface area contributed by atoms with Gasteiger partial charge >= 0.3 is 11.9 Å². The molecule has 3 atom stereocenters. The maximum absolute atomic E-state index is 11.5. The summed E-state index contributed by atoms with van der Waals surface area (Å²) >= 11 is 0. The molecule has 0 spiro atoms. The first-order chi connectivity index (χ1) is 6.36. The van der Waals surface area contributed by atoms with Crippen LogP contribution in [0.25, 0.3) is 0 Å². The van der Waals surface area contributed by atoms with Crippen LogP contribution < -0.4 is 0 Å². The summed E-state index contributed by atoms with van der Waals surface area (Å²) in [6.45, 7) is 5.40. The Morgan fingerprint density at radius 2 is 2.36 bits per heavy atom. The fraction of sp³-hybridized carbons (Fsp3) is 0.800. The summed E-state index contributed by atoms with van der Waals surface area (Å²) in [6, 6.07) is 0. The number of cyclic esters (lactones) is 1. The van der Waals surface area contributed by atoms with Gasteiger partial charge in [-0.2, -0.15) is 0 Å². The van der Waals surface area contributed by atoms with Crippen molar-refractivity contribution in [1.29, 1.82) is 0 Å². The number of esters is 1. The van der Waals surface area contributed by atoms with Crippen molar-refractivity contribution in [3.8, 4) is 0 Å². The number of aliphatic carboxylic acids is 1. The molecular formula is C10H16O4. The van der Waals surface area contributed by atoms with Gasteiger partial charge in [0.2, 0.25) is 0 Å². The molecule has 1 N–H and O–H groups in total. The SMILES string of the molecule is C[C@H]1C[C@@](C)([C@@H](C)CC(=O)O)C(=O)O1. The molecule has 0 amide bonds. The van der Waals surface area contributed by atoms with Gasteiger partial charge < -0.3 is 9.84 Å². The molecule has 1 heterocycles. The van der Waals surface area contributed by atoms with Crippen LogP contribution in [-0.4, -0.2) is 23.1 Å². The van der Waals surface area contributed by atoms with Crippen molar-refractivity contribution in [1.82, 2.24) is 0 Å². The summed E-state index contributed by atoms with van der Waals surface area (Å²) in [5.74, 6) is -1.32. The van der Waals surface area contributed by atoms with Crippen molar-refractivity contribution in [3.05, 3.63) is 0 Å². The summed E-state index contributed by atoms with van der Waals surface area (Å²) in [5, 5.41) is 8.66. The molecule has 0 saturated carbocycles. The zero-order valence-corrected chi connectivity index (χ0v) is 8.74. The predicted molar refractivity (Wildman–Crippen MR) is 49.7 cm³/mol. The van der Waals surface area contributed by atoms with Gasteiger partial charge in [-0.1, -0.05) is 6.92 Å². The van der Waals surface area contributed by atoms with Crippen LogP contribution in [0, 0.1) is 11.3 Å². The lowest BCUT2D eigenvalue weighted by Crippen LogP contribution is -2.31. The average molecular weight is 200 g/mol. The first-order valence-electron chi connectivity index (χ1n) is 4.79. The largest absolute Gasteiger partial charge is 0.481 e. The zero-order valence-electron chi connectivity index (χ0n) is 8.74. The van der Waals surface area contributed by atoms with Crippen LogP contribution in [0.1, 0.15) is 33.6 Å². The van der Waals surface area contributed by atoms with E-state index in [9.17, 15) is 9.59 Å². The second kappa shape index (κ2) is 3.59. The Morgan fingerprint density at radius 1 is 1.79 bits per heavy atom. The van der Waals surface area contributed by atoms with Gasteiger partial charge in [0.1, 0.15) is 6.10 Å². The first-order valence-corrected chi connectivity index (χ1v) is 4.79. The number of carbonyl (C=O) groups is 2. The first kappa shape index (κ1) is 11.0. The second-order valence-electron chi connectivity index (χ2n) is 4.34. The Bertz CT molecular complexity index is 261. The van der Waals surface area contributed by atoms with E-state index in [1.54, 1.807) is 13.8 Å². The molecular weight excluding hydrogens is 184 g/mol. The van der Waals surface area contributed by atoms with Crippen molar-refractivity contribution < 1.29 is 19.4 Å². The number of hydrogen-bond donors (Lipinski definition) is 1. The second-order valence-corrected chi connectivity index (χ2v) is 4.34. The molecule has 1 aliphatic heterocycles. The van der Waals surface area contributed by atoms with Gasteiger partial charge in [0, 0.05) is 12.8 Å². The molecule has 80 valence electrons. The molecule has 0 aromatic carbocycles. The standard InChI is InChI=1S/C10H16O4/c1-6(4-8(11)12)10(3)5-7(2)14-9(10)13/h6-7H,4-5H2,1-3H3,(H,11,12)/t6-,7-,10-/m0/s1. The molecule has 14 heavy (non-hydrogen) atoms. The van der Waals surface area contributed by atoms with E-state index in [2.05, 4.69) is 0 Å². The highest BCUT2D eigenvalue weighted by Gasteiger charge is 2.47. The van der Waals surface area contributed by atoms with Crippen molar-refractivity contribution in [2.75, 3.05) is 0 Å². The van der Waals surface area contributed by atoms with Crippen LogP contribution in [-0.2, 0) is 14.3 Å². The molecule has 1 rings (SSSR count). The van der Waals surface area contributed by atoms with E-state index in [-0.39, 0.29) is 24.4 Å². The minimum atomic E-state index is -0.869. The van der Waals surface area contributed by atoms with Crippen molar-refractivity contribution in [2.45, 2.75) is 39.7 Å². The van der Waals surface area contributed by atoms with Crippen molar-refractivity contribution in [2.24, 2.45) is 11.3 Å². The van der Waals surface area contributed by atoms with Crippen molar-refractivity contribution >= 4 is 11.9 Å². The van der Waals surface area contributed by atoms with E-state index < -0.39 is 11.4 Å². The molecule has 0 unspecified atom stereocenters. The normalized spacial score (nSPS) is 33.9. The average Bonchev–Trinajstić information content (AvgIpc) is 2.25. The third-order valence-electron chi connectivity index (χ3n) is 3.05. The van der Waals surface area contributed by atoms with Gasteiger partial charge in [-0.15, -0.1) is 0 Å². The molecule has 0 aromatic heterocycles. The van der Waals surface area contributed by atoms with Gasteiger partial charge in [-0.3, -0.25) is 9.59 Å². The predicted octanol–water partition coefficient (Wildman–Crippen LogP) is 1.44. The third kappa shape index (κ3) is 1.89. The molecule has 4 nitrogen and oxygen atoms in total. The summed E-state index contributed by atoms with van der Waals surface area (Å²) in [6.07, 6.45) is 0.530. The molecule has 1 aliphatic rings. The van der Waals surface area contributed by atoms with Crippen molar-refractivity contribution in [3.63, 3.8) is 0 Å². The molecule has 0 aromatic rings. The van der Waals surface area contributed by atoms with Gasteiger partial charge in [-0.05, 0) is 19.8 Å². The number of carboxylic acid groups (broad SMARTS) is 1. The Hall–Kier alpha value is -1.06. The van der Waals surface area contributed by atoms with Gasteiger partial charge in [0.05, 0.1) is 5.41 Å². The number of rotatable bonds is 3. The van der Waals surface area contributed by atoms with Gasteiger partial charge in [0.25, 0.3) is 0 Å². The highest BCUT2D eigenvalue weighted by molar-refractivity contribution is 5.80. The fourth-order valence-corrected chi connectivity index (χ4v) is 1.93. The number of hydrogen-bond acceptors (Lipinski definition) is 3. The monoisotopic (exact) mass is 200 g/mol. The van der Waals surface area contributed by atoms with Gasteiger partial charge in [-0.25, -0.2) is 0 Å². The lowest BCUT2D eigenvalue weighted by molar-refractivity contribution is -0.150. The van der Waals surface area contributed by atoms with Crippen LogP contribution in [0.15, 0.2) is 0 Å². The Kier molecular flexibility index (Phi) is 2.83. The number of ether oxygens (including phenoxy) is 1. The van der Waals surface area contributed by atoms with Crippen LogP contribution in [0.2, 0.25) is 0 Å². The lowest BCUT2D eigenvalue weighted by atomic mass is 9.74. The molecule has 0 radical (unpaired) electrons. The van der Waals surface area contributed by atoms with Crippen LogP contribution in [0.3, 0.4) is 0 Å². The molecule has 4 heteroatoms. The Morgan fingerprint density at radius 3 is 2.71 bits per heavy atom. The number of carbonyl (C=O) groups excluding carboxylic acids is 1. The topological polar surface area (TPSA) is 63.6 Å². The maximum atomic E-state index is 11.5. The summed E-state index contributed by atoms with van der Waals surface area (Å²) < 4.78 is 5.05. The molecule has 1 fully saturated rings. The van der Waals surface area contributed by atoms with Crippen LogP contribution in [0.5, 0.6) is 0 Å². The summed E-state index contributed by atoms with van der Waals surface area (Å²) in [4.78, 5) is 22.1. The van der Waals surface area contributed by atoms with Crippen LogP contribution in [0.4, 0.5) is 0 Å². The third-order valence-corrected chi connectivity index (χ3v) is 3.05. The van der Waals surface area contributed by atoms with E-state index in [1.165, 1.54) is 0 Å². The van der Waals surface area contributed by atoms with Crippen LogP contribution >= 0.6 is 0 Å². The molecule has 1 saturated heterocycles. The molecule has 0 bridgehead atoms. The highest BCUT2D eigenvalue weighted by Crippen LogP contribution is 2.41. The summed E-state index contributed by atoms with van der Waals surface area (Å²) in [5.41, 5.74) is -0.627. The van der Waals surface area contributed by atoms with E-state index >= 15 is 0 Å². The quantitative estimate of drug-likeness (QED) is 0.700. The smallest absolute Gasteiger partial charge is 0.312 e. The van der Waals surface area contributed by atoms with E-state index in [0.717, 1.165) is 0 Å². The Labute approximate surface area is 83.2 Å². The number of carboxylic acids is 1. The van der Waals surface area contributed by atoms with E-state index in [4.69, 9.17) is 9.84 Å². The van der Waals surface area contributed by atoms with Gasteiger partial charge in [0.15, 0.2) is 0 Å². The lowest BCUT2D eigenvalue weighted by Gasteiger charge is -2.25. The Balaban J connectivity index is 2.74. The summed E-state index contributed by atoms with van der Waals surface area (Å²) in [7, 11) is 0. The van der Waals surface area contributed by atoms with E-state index in [1.807, 2.05) is 6.92 Å². The molecule has 0 aliphatic carbocycles. The maximum Gasteiger partial charge on any atom is 0.312 e.